The fraction of sp³-hybridized carbons (Fsp3) is 0.529. The van der Waals surface area contributed by atoms with E-state index >= 15 is 0 Å². The lowest BCUT2D eigenvalue weighted by atomic mass is 10.0. The third-order valence-corrected chi connectivity index (χ3v) is 4.09. The lowest BCUT2D eigenvalue weighted by Crippen LogP contribution is -2.55. The van der Waals surface area contributed by atoms with Gasteiger partial charge in [0.1, 0.15) is 0 Å². The molecule has 2 atom stereocenters. The summed E-state index contributed by atoms with van der Waals surface area (Å²) in [4.78, 5) is 25.9. The molecule has 5 nitrogen and oxygen atoms in total. The maximum absolute atomic E-state index is 12.5. The van der Waals surface area contributed by atoms with Gasteiger partial charge in [0.15, 0.2) is 0 Å². The molecule has 0 unspecified atom stereocenters. The van der Waals surface area contributed by atoms with Gasteiger partial charge in [-0.05, 0) is 18.9 Å². The van der Waals surface area contributed by atoms with E-state index in [1.54, 1.807) is 0 Å². The minimum absolute atomic E-state index is 0.0148. The molecule has 1 saturated heterocycles. The Morgan fingerprint density at radius 2 is 2.09 bits per heavy atom. The second kappa shape index (κ2) is 7.94. The number of nitrogens with one attached hydrogen (secondary N) is 2. The van der Waals surface area contributed by atoms with Crippen molar-refractivity contribution in [2.45, 2.75) is 38.8 Å². The Labute approximate surface area is 132 Å². The summed E-state index contributed by atoms with van der Waals surface area (Å²) in [5, 5.41) is 5.91. The third-order valence-electron chi connectivity index (χ3n) is 4.09. The predicted molar refractivity (Wildman–Crippen MR) is 86.3 cm³/mol. The number of carbonyl (C=O) groups excluding carboxylic acids is 2. The molecule has 0 saturated carbocycles. The van der Waals surface area contributed by atoms with Gasteiger partial charge in [0, 0.05) is 13.1 Å². The molecule has 120 valence electrons. The number of hydrogen-bond donors (Lipinski definition) is 2. The van der Waals surface area contributed by atoms with Crippen LogP contribution in [-0.2, 0) is 9.59 Å². The van der Waals surface area contributed by atoms with Gasteiger partial charge in [-0.2, -0.15) is 0 Å². The van der Waals surface area contributed by atoms with Crippen LogP contribution in [0.5, 0.6) is 0 Å². The van der Waals surface area contributed by atoms with Crippen molar-refractivity contribution in [3.8, 4) is 0 Å². The van der Waals surface area contributed by atoms with Crippen LogP contribution in [-0.4, -0.2) is 42.4 Å². The molecule has 2 N–H and O–H groups in total. The average molecular weight is 303 g/mol. The monoisotopic (exact) mass is 303 g/mol. The van der Waals surface area contributed by atoms with E-state index in [0.29, 0.717) is 19.6 Å². The highest BCUT2D eigenvalue weighted by Crippen LogP contribution is 2.18. The molecule has 1 aromatic carbocycles. The number of carbonyl (C=O) groups is 2. The summed E-state index contributed by atoms with van der Waals surface area (Å²) in [6, 6.07) is 9.77. The van der Waals surface area contributed by atoms with Crippen LogP contribution < -0.4 is 10.6 Å². The van der Waals surface area contributed by atoms with Crippen LogP contribution in [0, 0.1) is 0 Å². The SMILES string of the molecule is CCC[C@@H](NC(=O)[C@@H](C)N1CCNC(=O)C1)c1ccccc1. The topological polar surface area (TPSA) is 61.4 Å². The summed E-state index contributed by atoms with van der Waals surface area (Å²) in [6.07, 6.45) is 1.91. The molecule has 2 rings (SSSR count). The number of benzene rings is 1. The van der Waals surface area contributed by atoms with Crippen molar-refractivity contribution in [1.29, 1.82) is 0 Å². The van der Waals surface area contributed by atoms with Crippen LogP contribution in [0.1, 0.15) is 38.3 Å². The quantitative estimate of drug-likeness (QED) is 0.836. The van der Waals surface area contributed by atoms with Gasteiger partial charge in [0.05, 0.1) is 18.6 Å². The van der Waals surface area contributed by atoms with Crippen LogP contribution in [0.2, 0.25) is 0 Å². The molecule has 0 aliphatic carbocycles. The van der Waals surface area contributed by atoms with Gasteiger partial charge >= 0.3 is 0 Å². The Hall–Kier alpha value is -1.88. The zero-order valence-electron chi connectivity index (χ0n) is 13.3. The Morgan fingerprint density at radius 3 is 2.73 bits per heavy atom. The average Bonchev–Trinajstić information content (AvgIpc) is 2.54. The number of nitrogens with zero attached hydrogens (tertiary/aromatic N) is 1. The van der Waals surface area contributed by atoms with Gasteiger partial charge < -0.3 is 10.6 Å². The molecule has 1 aliphatic rings. The van der Waals surface area contributed by atoms with E-state index in [4.69, 9.17) is 0 Å². The molecule has 0 spiro atoms. The number of hydrogen-bond acceptors (Lipinski definition) is 3. The molecule has 1 aromatic rings. The van der Waals surface area contributed by atoms with E-state index in [9.17, 15) is 9.59 Å². The van der Waals surface area contributed by atoms with Crippen molar-refractivity contribution in [2.24, 2.45) is 0 Å². The van der Waals surface area contributed by atoms with Crippen LogP contribution in [0.4, 0.5) is 0 Å². The Kier molecular flexibility index (Phi) is 5.95. The molecule has 0 aromatic heterocycles. The number of rotatable bonds is 6. The first-order valence-electron chi connectivity index (χ1n) is 7.98. The summed E-state index contributed by atoms with van der Waals surface area (Å²) in [6.45, 7) is 5.58. The normalized spacial score (nSPS) is 18.4. The fourth-order valence-corrected chi connectivity index (χ4v) is 2.74. The summed E-state index contributed by atoms with van der Waals surface area (Å²) >= 11 is 0. The van der Waals surface area contributed by atoms with E-state index < -0.39 is 0 Å². The Bertz CT molecular complexity index is 504. The zero-order chi connectivity index (χ0) is 15.9. The first-order valence-corrected chi connectivity index (χ1v) is 7.98. The third kappa shape index (κ3) is 4.31. The van der Waals surface area contributed by atoms with E-state index in [0.717, 1.165) is 18.4 Å². The highest BCUT2D eigenvalue weighted by Gasteiger charge is 2.27. The second-order valence-electron chi connectivity index (χ2n) is 5.76. The smallest absolute Gasteiger partial charge is 0.237 e. The lowest BCUT2D eigenvalue weighted by molar-refractivity contribution is -0.130. The van der Waals surface area contributed by atoms with Gasteiger partial charge in [-0.15, -0.1) is 0 Å². The minimum Gasteiger partial charge on any atom is -0.354 e. The van der Waals surface area contributed by atoms with E-state index in [1.807, 2.05) is 42.2 Å². The molecule has 1 fully saturated rings. The Balaban J connectivity index is 1.99. The lowest BCUT2D eigenvalue weighted by Gasteiger charge is -2.32. The van der Waals surface area contributed by atoms with E-state index in [1.165, 1.54) is 0 Å². The minimum atomic E-state index is -0.297. The van der Waals surface area contributed by atoms with Crippen LogP contribution in [0.25, 0.3) is 0 Å². The van der Waals surface area contributed by atoms with E-state index in [2.05, 4.69) is 17.6 Å². The molecular formula is C17H25N3O2. The first-order chi connectivity index (χ1) is 10.6. The van der Waals surface area contributed by atoms with E-state index in [-0.39, 0.29) is 23.9 Å². The molecule has 1 heterocycles. The predicted octanol–water partition coefficient (Wildman–Crippen LogP) is 1.46. The maximum Gasteiger partial charge on any atom is 0.237 e. The van der Waals surface area contributed by atoms with Gasteiger partial charge in [-0.25, -0.2) is 0 Å². The second-order valence-corrected chi connectivity index (χ2v) is 5.76. The van der Waals surface area contributed by atoms with Crippen molar-refractivity contribution in [3.05, 3.63) is 35.9 Å². The summed E-state index contributed by atoms with van der Waals surface area (Å²) in [7, 11) is 0. The maximum atomic E-state index is 12.5. The van der Waals surface area contributed by atoms with Crippen LogP contribution in [0.3, 0.4) is 0 Å². The molecule has 5 heteroatoms. The number of piperazine rings is 1. The zero-order valence-corrected chi connectivity index (χ0v) is 13.3. The van der Waals surface area contributed by atoms with Crippen molar-refractivity contribution in [1.82, 2.24) is 15.5 Å². The van der Waals surface area contributed by atoms with Crippen molar-refractivity contribution >= 4 is 11.8 Å². The summed E-state index contributed by atoms with van der Waals surface area (Å²) in [5.41, 5.74) is 1.13. The summed E-state index contributed by atoms with van der Waals surface area (Å²) < 4.78 is 0. The first kappa shape index (κ1) is 16.5. The number of amides is 2. The molecule has 0 bridgehead atoms. The van der Waals surface area contributed by atoms with Gasteiger partial charge in [0.25, 0.3) is 0 Å². The van der Waals surface area contributed by atoms with Crippen LogP contribution in [0.15, 0.2) is 30.3 Å². The molecular weight excluding hydrogens is 278 g/mol. The highest BCUT2D eigenvalue weighted by atomic mass is 16.2. The standard InChI is InChI=1S/C17H25N3O2/c1-3-7-15(14-8-5-4-6-9-14)19-17(22)13(2)20-11-10-18-16(21)12-20/h4-6,8-9,13,15H,3,7,10-12H2,1-2H3,(H,18,21)(H,19,22)/t13-,15-/m1/s1. The van der Waals surface area contributed by atoms with Gasteiger partial charge in [0.2, 0.25) is 11.8 Å². The largest absolute Gasteiger partial charge is 0.354 e. The molecule has 0 radical (unpaired) electrons. The van der Waals surface area contributed by atoms with Gasteiger partial charge in [-0.3, -0.25) is 14.5 Å². The van der Waals surface area contributed by atoms with Gasteiger partial charge in [-0.1, -0.05) is 43.7 Å². The fourth-order valence-electron chi connectivity index (χ4n) is 2.74. The summed E-state index contributed by atoms with van der Waals surface area (Å²) in [5.74, 6) is -0.0314. The van der Waals surface area contributed by atoms with Crippen molar-refractivity contribution < 1.29 is 9.59 Å². The van der Waals surface area contributed by atoms with Crippen LogP contribution >= 0.6 is 0 Å². The highest BCUT2D eigenvalue weighted by molar-refractivity contribution is 5.84. The molecule has 1 aliphatic heterocycles. The molecule has 2 amide bonds. The van der Waals surface area contributed by atoms with Crippen molar-refractivity contribution in [2.75, 3.05) is 19.6 Å². The molecule has 22 heavy (non-hydrogen) atoms. The Morgan fingerprint density at radius 1 is 1.36 bits per heavy atom. The van der Waals surface area contributed by atoms with Crippen molar-refractivity contribution in [3.63, 3.8) is 0 Å².